The maximum atomic E-state index is 13.2. The Bertz CT molecular complexity index is 929. The van der Waals surface area contributed by atoms with Crippen molar-refractivity contribution in [3.05, 3.63) is 70.4 Å². The summed E-state index contributed by atoms with van der Waals surface area (Å²) in [5, 5.41) is 7.33. The van der Waals surface area contributed by atoms with Crippen LogP contribution in [0.5, 0.6) is 5.75 Å². The van der Waals surface area contributed by atoms with E-state index in [0.29, 0.717) is 27.1 Å². The molecule has 1 amide bonds. The zero-order chi connectivity index (χ0) is 19.6. The van der Waals surface area contributed by atoms with Crippen LogP contribution in [0.3, 0.4) is 0 Å². The summed E-state index contributed by atoms with van der Waals surface area (Å²) in [6.07, 6.45) is 0. The molecule has 0 aliphatic carbocycles. The zero-order valence-electron chi connectivity index (χ0n) is 15.2. The summed E-state index contributed by atoms with van der Waals surface area (Å²) in [6.45, 7) is 1.88. The van der Waals surface area contributed by atoms with Crippen LogP contribution in [-0.4, -0.2) is 30.1 Å². The first-order chi connectivity index (χ1) is 12.9. The first-order valence-corrected chi connectivity index (χ1v) is 9.15. The van der Waals surface area contributed by atoms with Crippen molar-refractivity contribution in [2.75, 3.05) is 19.5 Å². The van der Waals surface area contributed by atoms with Crippen LogP contribution in [0.15, 0.2) is 59.8 Å². The minimum absolute atomic E-state index is 0.233. The minimum Gasteiger partial charge on any atom is -0.495 e. The highest BCUT2D eigenvalue weighted by Crippen LogP contribution is 2.33. The van der Waals surface area contributed by atoms with Gasteiger partial charge in [0.05, 0.1) is 24.4 Å². The highest BCUT2D eigenvalue weighted by atomic mass is 35.5. The first-order valence-electron chi connectivity index (χ1n) is 8.37. The number of nitrogens with one attached hydrogen (secondary N) is 2. The highest BCUT2D eigenvalue weighted by Gasteiger charge is 2.32. The van der Waals surface area contributed by atoms with Crippen molar-refractivity contribution >= 4 is 40.5 Å². The summed E-state index contributed by atoms with van der Waals surface area (Å²) >= 11 is 11.6. The molecule has 0 saturated carbocycles. The van der Waals surface area contributed by atoms with E-state index in [9.17, 15) is 4.79 Å². The molecule has 0 unspecified atom stereocenters. The van der Waals surface area contributed by atoms with Crippen molar-refractivity contribution in [1.29, 1.82) is 0 Å². The van der Waals surface area contributed by atoms with Gasteiger partial charge in [0, 0.05) is 17.8 Å². The first kappa shape index (κ1) is 19.2. The third-order valence-electron chi connectivity index (χ3n) is 4.54. The standard InChI is InChI=1S/C20H20ClN3O2S/c1-12-17(19(25)22-15-9-4-5-10-16(15)26-3)18(23-20(27)24(12)2)13-7-6-8-14(21)11-13/h4-11,18H,1-3H3,(H,22,25)(H,23,27)/t18-/m0/s1. The van der Waals surface area contributed by atoms with E-state index in [4.69, 9.17) is 28.6 Å². The number of allylic oxidation sites excluding steroid dienone is 1. The number of halogens is 1. The zero-order valence-corrected chi connectivity index (χ0v) is 16.8. The molecule has 1 heterocycles. The van der Waals surface area contributed by atoms with Crippen LogP contribution in [0.25, 0.3) is 0 Å². The number of thiocarbonyl (C=S) groups is 1. The van der Waals surface area contributed by atoms with E-state index in [1.165, 1.54) is 0 Å². The summed E-state index contributed by atoms with van der Waals surface area (Å²) in [5.74, 6) is 0.361. The molecule has 7 heteroatoms. The van der Waals surface area contributed by atoms with Gasteiger partial charge in [0.25, 0.3) is 5.91 Å². The fourth-order valence-corrected chi connectivity index (χ4v) is 3.46. The van der Waals surface area contributed by atoms with Crippen LogP contribution >= 0.6 is 23.8 Å². The number of rotatable bonds is 4. The lowest BCUT2D eigenvalue weighted by molar-refractivity contribution is -0.113. The van der Waals surface area contributed by atoms with Gasteiger partial charge in [0.15, 0.2) is 5.11 Å². The molecule has 2 aromatic rings. The fourth-order valence-electron chi connectivity index (χ4n) is 3.00. The highest BCUT2D eigenvalue weighted by molar-refractivity contribution is 7.80. The molecule has 5 nitrogen and oxygen atoms in total. The predicted octanol–water partition coefficient (Wildman–Crippen LogP) is 4.12. The number of carbonyl (C=O) groups is 1. The van der Waals surface area contributed by atoms with Crippen LogP contribution in [-0.2, 0) is 4.79 Å². The molecule has 0 spiro atoms. The van der Waals surface area contributed by atoms with Crippen molar-refractivity contribution in [2.24, 2.45) is 0 Å². The maximum absolute atomic E-state index is 13.2. The molecule has 0 radical (unpaired) electrons. The number of anilines is 1. The molecular weight excluding hydrogens is 382 g/mol. The normalized spacial score (nSPS) is 16.8. The Hall–Kier alpha value is -2.57. The summed E-state index contributed by atoms with van der Waals surface area (Å²) in [4.78, 5) is 15.0. The lowest BCUT2D eigenvalue weighted by atomic mass is 9.94. The smallest absolute Gasteiger partial charge is 0.255 e. The van der Waals surface area contributed by atoms with Crippen molar-refractivity contribution in [1.82, 2.24) is 10.2 Å². The van der Waals surface area contributed by atoms with Crippen LogP contribution < -0.4 is 15.4 Å². The van der Waals surface area contributed by atoms with E-state index in [1.807, 2.05) is 44.3 Å². The molecule has 1 atom stereocenters. The Morgan fingerprint density at radius 3 is 2.70 bits per heavy atom. The molecular formula is C20H20ClN3O2S. The molecule has 0 fully saturated rings. The van der Waals surface area contributed by atoms with Crippen LogP contribution in [0, 0.1) is 0 Å². The van der Waals surface area contributed by atoms with E-state index in [1.54, 1.807) is 30.2 Å². The molecule has 1 aliphatic rings. The Labute approximate surface area is 169 Å². The van der Waals surface area contributed by atoms with Gasteiger partial charge < -0.3 is 20.3 Å². The lowest BCUT2D eigenvalue weighted by Crippen LogP contribution is -2.46. The Balaban J connectivity index is 2.02. The van der Waals surface area contributed by atoms with E-state index in [0.717, 1.165) is 11.3 Å². The van der Waals surface area contributed by atoms with Gasteiger partial charge in [-0.15, -0.1) is 0 Å². The largest absolute Gasteiger partial charge is 0.495 e. The van der Waals surface area contributed by atoms with Crippen LogP contribution in [0.1, 0.15) is 18.5 Å². The summed E-state index contributed by atoms with van der Waals surface area (Å²) in [5.41, 5.74) is 2.81. The quantitative estimate of drug-likeness (QED) is 0.755. The number of methoxy groups -OCH3 is 1. The fraction of sp³-hybridized carbons (Fsp3) is 0.200. The third kappa shape index (κ3) is 3.91. The van der Waals surface area contributed by atoms with Gasteiger partial charge >= 0.3 is 0 Å². The molecule has 27 heavy (non-hydrogen) atoms. The molecule has 2 N–H and O–H groups in total. The molecule has 1 aliphatic heterocycles. The second kappa shape index (κ2) is 7.98. The van der Waals surface area contributed by atoms with Gasteiger partial charge in [-0.2, -0.15) is 0 Å². The lowest BCUT2D eigenvalue weighted by Gasteiger charge is -2.35. The number of hydrogen-bond donors (Lipinski definition) is 2. The average molecular weight is 402 g/mol. The van der Waals surface area contributed by atoms with Crippen LogP contribution in [0.2, 0.25) is 5.02 Å². The monoisotopic (exact) mass is 401 g/mol. The number of ether oxygens (including phenoxy) is 1. The van der Waals surface area contributed by atoms with E-state index >= 15 is 0 Å². The Morgan fingerprint density at radius 1 is 1.26 bits per heavy atom. The molecule has 0 bridgehead atoms. The van der Waals surface area contributed by atoms with Gasteiger partial charge in [0.1, 0.15) is 5.75 Å². The van der Waals surface area contributed by atoms with Gasteiger partial charge in [-0.3, -0.25) is 4.79 Å². The Morgan fingerprint density at radius 2 is 2.00 bits per heavy atom. The van der Waals surface area contributed by atoms with Crippen LogP contribution in [0.4, 0.5) is 5.69 Å². The second-order valence-electron chi connectivity index (χ2n) is 6.15. The van der Waals surface area contributed by atoms with E-state index in [-0.39, 0.29) is 5.91 Å². The second-order valence-corrected chi connectivity index (χ2v) is 6.97. The Kier molecular flexibility index (Phi) is 5.68. The number of hydrogen-bond acceptors (Lipinski definition) is 3. The van der Waals surface area contributed by atoms with Crippen molar-refractivity contribution in [3.63, 3.8) is 0 Å². The van der Waals surface area contributed by atoms with Gasteiger partial charge in [-0.25, -0.2) is 0 Å². The summed E-state index contributed by atoms with van der Waals surface area (Å²) < 4.78 is 5.33. The number of amides is 1. The third-order valence-corrected chi connectivity index (χ3v) is 5.16. The predicted molar refractivity (Wildman–Crippen MR) is 112 cm³/mol. The molecule has 0 aromatic heterocycles. The van der Waals surface area contributed by atoms with Gasteiger partial charge in [0.2, 0.25) is 0 Å². The number of benzene rings is 2. The molecule has 140 valence electrons. The van der Waals surface area contributed by atoms with E-state index < -0.39 is 6.04 Å². The van der Waals surface area contributed by atoms with Crippen molar-refractivity contribution in [2.45, 2.75) is 13.0 Å². The molecule has 0 saturated heterocycles. The number of para-hydroxylation sites is 2. The van der Waals surface area contributed by atoms with Gasteiger partial charge in [-0.1, -0.05) is 35.9 Å². The SMILES string of the molecule is COc1ccccc1NC(=O)C1=C(C)N(C)C(=S)N[C@H]1c1cccc(Cl)c1. The average Bonchev–Trinajstić information content (AvgIpc) is 2.66. The summed E-state index contributed by atoms with van der Waals surface area (Å²) in [6, 6.07) is 14.3. The molecule has 2 aromatic carbocycles. The van der Waals surface area contributed by atoms with Crippen molar-refractivity contribution in [3.8, 4) is 5.75 Å². The maximum Gasteiger partial charge on any atom is 0.255 e. The van der Waals surface area contributed by atoms with E-state index in [2.05, 4.69) is 10.6 Å². The van der Waals surface area contributed by atoms with Crippen molar-refractivity contribution < 1.29 is 9.53 Å². The summed E-state index contributed by atoms with van der Waals surface area (Å²) in [7, 11) is 3.40. The molecule has 3 rings (SSSR count). The van der Waals surface area contributed by atoms with Gasteiger partial charge in [-0.05, 0) is 49.0 Å². The number of carbonyl (C=O) groups excluding carboxylic acids is 1. The minimum atomic E-state index is -0.401. The topological polar surface area (TPSA) is 53.6 Å². The number of nitrogens with zero attached hydrogens (tertiary/aromatic N) is 1.